The minimum absolute atomic E-state index is 0.0276. The number of carbonyl (C=O) groups is 2. The third-order valence-corrected chi connectivity index (χ3v) is 5.44. The highest BCUT2D eigenvalue weighted by atomic mass is 35.5. The number of benzene rings is 2. The van der Waals surface area contributed by atoms with Crippen molar-refractivity contribution < 1.29 is 14.0 Å². The van der Waals surface area contributed by atoms with Crippen LogP contribution in [-0.4, -0.2) is 29.8 Å². The molecule has 0 radical (unpaired) electrons. The Morgan fingerprint density at radius 3 is 2.43 bits per heavy atom. The lowest BCUT2D eigenvalue weighted by atomic mass is 9.91. The third kappa shape index (κ3) is 5.55. The lowest BCUT2D eigenvalue weighted by Crippen LogP contribution is -2.39. The molecule has 1 N–H and O–H groups in total. The first kappa shape index (κ1) is 20.3. The number of hydrogen-bond donors (Lipinski definition) is 1. The number of nitrogens with one attached hydrogen (secondary N) is 1. The predicted molar refractivity (Wildman–Crippen MR) is 108 cm³/mol. The summed E-state index contributed by atoms with van der Waals surface area (Å²) in [5.41, 5.74) is 1.14. The van der Waals surface area contributed by atoms with Crippen LogP contribution in [0.5, 0.6) is 0 Å². The Morgan fingerprint density at radius 2 is 1.75 bits per heavy atom. The van der Waals surface area contributed by atoms with Gasteiger partial charge in [-0.15, -0.1) is 0 Å². The number of halogens is 2. The first-order chi connectivity index (χ1) is 13.5. The number of piperidine rings is 1. The van der Waals surface area contributed by atoms with Crippen LogP contribution in [0.4, 0.5) is 4.39 Å². The second-order valence-corrected chi connectivity index (χ2v) is 7.59. The normalized spacial score (nSPS) is 14.7. The molecule has 4 nitrogen and oxygen atoms in total. The SMILES string of the molecule is O=C(CCC1CCN(C(=O)c2ccccc2F)CC1)NCc1ccc(Cl)cc1. The second-order valence-electron chi connectivity index (χ2n) is 7.16. The number of carbonyl (C=O) groups excluding carboxylic acids is 2. The highest BCUT2D eigenvalue weighted by molar-refractivity contribution is 6.30. The molecule has 1 fully saturated rings. The Morgan fingerprint density at radius 1 is 1.07 bits per heavy atom. The van der Waals surface area contributed by atoms with E-state index in [2.05, 4.69) is 5.32 Å². The summed E-state index contributed by atoms with van der Waals surface area (Å²) < 4.78 is 13.8. The quantitative estimate of drug-likeness (QED) is 0.777. The van der Waals surface area contributed by atoms with Crippen molar-refractivity contribution in [3.8, 4) is 0 Å². The van der Waals surface area contributed by atoms with Crippen molar-refractivity contribution in [1.82, 2.24) is 10.2 Å². The van der Waals surface area contributed by atoms with Crippen LogP contribution in [0, 0.1) is 11.7 Å². The van der Waals surface area contributed by atoms with Crippen molar-refractivity contribution in [2.24, 2.45) is 5.92 Å². The van der Waals surface area contributed by atoms with Gasteiger partial charge < -0.3 is 10.2 Å². The number of rotatable bonds is 6. The van der Waals surface area contributed by atoms with Crippen molar-refractivity contribution in [1.29, 1.82) is 0 Å². The first-order valence-corrected chi connectivity index (χ1v) is 9.95. The van der Waals surface area contributed by atoms with Gasteiger partial charge in [0.2, 0.25) is 5.91 Å². The van der Waals surface area contributed by atoms with E-state index in [1.165, 1.54) is 12.1 Å². The van der Waals surface area contributed by atoms with Gasteiger partial charge in [-0.25, -0.2) is 4.39 Å². The maximum absolute atomic E-state index is 13.8. The van der Waals surface area contributed by atoms with E-state index in [0.29, 0.717) is 37.0 Å². The molecule has 2 amide bonds. The summed E-state index contributed by atoms with van der Waals surface area (Å²) >= 11 is 5.85. The monoisotopic (exact) mass is 402 g/mol. The average Bonchev–Trinajstić information content (AvgIpc) is 2.72. The summed E-state index contributed by atoms with van der Waals surface area (Å²) in [6, 6.07) is 13.5. The van der Waals surface area contributed by atoms with Gasteiger partial charge in [0.05, 0.1) is 5.56 Å². The smallest absolute Gasteiger partial charge is 0.256 e. The number of nitrogens with zero attached hydrogens (tertiary/aromatic N) is 1. The number of amides is 2. The van der Waals surface area contributed by atoms with E-state index in [0.717, 1.165) is 24.8 Å². The highest BCUT2D eigenvalue weighted by Crippen LogP contribution is 2.23. The summed E-state index contributed by atoms with van der Waals surface area (Å²) in [5.74, 6) is -0.296. The van der Waals surface area contributed by atoms with E-state index >= 15 is 0 Å². The maximum Gasteiger partial charge on any atom is 0.256 e. The molecule has 1 saturated heterocycles. The summed E-state index contributed by atoms with van der Waals surface area (Å²) in [7, 11) is 0. The van der Waals surface area contributed by atoms with E-state index in [-0.39, 0.29) is 17.4 Å². The molecule has 0 saturated carbocycles. The Balaban J connectivity index is 1.38. The van der Waals surface area contributed by atoms with E-state index in [4.69, 9.17) is 11.6 Å². The van der Waals surface area contributed by atoms with E-state index < -0.39 is 5.82 Å². The fourth-order valence-electron chi connectivity index (χ4n) is 3.46. The summed E-state index contributed by atoms with van der Waals surface area (Å²) in [6.07, 6.45) is 2.95. The van der Waals surface area contributed by atoms with Crippen molar-refractivity contribution in [3.63, 3.8) is 0 Å². The predicted octanol–water partition coefficient (Wildman–Crippen LogP) is 4.43. The molecule has 1 aliphatic rings. The zero-order valence-electron chi connectivity index (χ0n) is 15.7. The van der Waals surface area contributed by atoms with Crippen LogP contribution in [0.25, 0.3) is 0 Å². The molecule has 1 aliphatic heterocycles. The maximum atomic E-state index is 13.8. The molecule has 0 aromatic heterocycles. The van der Waals surface area contributed by atoms with Gasteiger partial charge >= 0.3 is 0 Å². The third-order valence-electron chi connectivity index (χ3n) is 5.19. The molecular formula is C22H24ClFN2O2. The molecule has 0 spiro atoms. The van der Waals surface area contributed by atoms with Crippen LogP contribution in [-0.2, 0) is 11.3 Å². The molecule has 3 rings (SSSR count). The molecule has 1 heterocycles. The van der Waals surface area contributed by atoms with Crippen molar-refractivity contribution in [2.45, 2.75) is 32.2 Å². The second kappa shape index (κ2) is 9.69. The molecule has 2 aromatic carbocycles. The molecule has 0 atom stereocenters. The molecule has 6 heteroatoms. The first-order valence-electron chi connectivity index (χ1n) is 9.58. The van der Waals surface area contributed by atoms with Gasteiger partial charge in [0.1, 0.15) is 5.82 Å². The van der Waals surface area contributed by atoms with E-state index in [9.17, 15) is 14.0 Å². The van der Waals surface area contributed by atoms with Crippen molar-refractivity contribution in [3.05, 3.63) is 70.5 Å². The summed E-state index contributed by atoms with van der Waals surface area (Å²) in [5, 5.41) is 3.60. The largest absolute Gasteiger partial charge is 0.352 e. The number of hydrogen-bond acceptors (Lipinski definition) is 2. The number of likely N-dealkylation sites (tertiary alicyclic amines) is 1. The van der Waals surface area contributed by atoms with Gasteiger partial charge in [0.25, 0.3) is 5.91 Å². The highest BCUT2D eigenvalue weighted by Gasteiger charge is 2.25. The van der Waals surface area contributed by atoms with Crippen LogP contribution < -0.4 is 5.32 Å². The molecule has 148 valence electrons. The fourth-order valence-corrected chi connectivity index (χ4v) is 3.58. The molecule has 0 bridgehead atoms. The van der Waals surface area contributed by atoms with Gasteiger partial charge in [-0.05, 0) is 55.0 Å². The Labute approximate surface area is 169 Å². The van der Waals surface area contributed by atoms with Gasteiger partial charge in [-0.3, -0.25) is 9.59 Å². The minimum atomic E-state index is -0.480. The lowest BCUT2D eigenvalue weighted by Gasteiger charge is -2.32. The Hall–Kier alpha value is -2.40. The zero-order valence-corrected chi connectivity index (χ0v) is 16.4. The summed E-state index contributed by atoms with van der Waals surface area (Å²) in [4.78, 5) is 26.2. The van der Waals surface area contributed by atoms with Crippen LogP contribution in [0.3, 0.4) is 0 Å². The van der Waals surface area contributed by atoms with E-state index in [1.807, 2.05) is 12.1 Å². The lowest BCUT2D eigenvalue weighted by molar-refractivity contribution is -0.121. The van der Waals surface area contributed by atoms with E-state index in [1.54, 1.807) is 29.2 Å². The summed E-state index contributed by atoms with van der Waals surface area (Å²) in [6.45, 7) is 1.69. The van der Waals surface area contributed by atoms with Gasteiger partial charge in [0, 0.05) is 31.1 Å². The van der Waals surface area contributed by atoms with Gasteiger partial charge in [-0.2, -0.15) is 0 Å². The van der Waals surface area contributed by atoms with Gasteiger partial charge in [-0.1, -0.05) is 35.9 Å². The van der Waals surface area contributed by atoms with Crippen LogP contribution in [0.1, 0.15) is 41.6 Å². The fraction of sp³-hybridized carbons (Fsp3) is 0.364. The standard InChI is InChI=1S/C22H24ClFN2O2/c23-18-8-5-17(6-9-18)15-25-21(27)10-7-16-11-13-26(14-12-16)22(28)19-3-1-2-4-20(19)24/h1-6,8-9,16H,7,10-15H2,(H,25,27). The zero-order chi connectivity index (χ0) is 19.9. The topological polar surface area (TPSA) is 49.4 Å². The van der Waals surface area contributed by atoms with Gasteiger partial charge in [0.15, 0.2) is 0 Å². The van der Waals surface area contributed by atoms with Crippen LogP contribution in [0.2, 0.25) is 5.02 Å². The Bertz CT molecular complexity index is 818. The molecule has 28 heavy (non-hydrogen) atoms. The molecule has 0 aliphatic carbocycles. The average molecular weight is 403 g/mol. The molecule has 0 unspecified atom stereocenters. The van der Waals surface area contributed by atoms with Crippen molar-refractivity contribution >= 4 is 23.4 Å². The minimum Gasteiger partial charge on any atom is -0.352 e. The molecular weight excluding hydrogens is 379 g/mol. The van der Waals surface area contributed by atoms with Crippen LogP contribution in [0.15, 0.2) is 48.5 Å². The Kier molecular flexibility index (Phi) is 7.04. The van der Waals surface area contributed by atoms with Crippen molar-refractivity contribution in [2.75, 3.05) is 13.1 Å². The molecule has 2 aromatic rings. The van der Waals surface area contributed by atoms with Crippen LogP contribution >= 0.6 is 11.6 Å².